The molecule has 0 unspecified atom stereocenters. The summed E-state index contributed by atoms with van der Waals surface area (Å²) < 4.78 is 33.6. The highest BCUT2D eigenvalue weighted by molar-refractivity contribution is 7.91. The number of aromatic nitrogens is 4. The lowest BCUT2D eigenvalue weighted by Crippen LogP contribution is -2.49. The van der Waals surface area contributed by atoms with Crippen LogP contribution in [0.15, 0.2) is 81.3 Å². The van der Waals surface area contributed by atoms with Crippen molar-refractivity contribution in [3.8, 4) is 0 Å². The predicted molar refractivity (Wildman–Crippen MR) is 132 cm³/mol. The molecule has 36 heavy (non-hydrogen) atoms. The Hall–Kier alpha value is -4.25. The minimum absolute atomic E-state index is 0.136. The van der Waals surface area contributed by atoms with Crippen molar-refractivity contribution in [2.24, 2.45) is 0 Å². The number of piperazine rings is 1. The number of sulfone groups is 1. The number of hydrogen-bond donors (Lipinski definition) is 0. The molecule has 0 bridgehead atoms. The van der Waals surface area contributed by atoms with Gasteiger partial charge in [-0.15, -0.1) is 5.10 Å². The highest BCUT2D eigenvalue weighted by Gasteiger charge is 2.29. The average molecular weight is 503 g/mol. The Morgan fingerprint density at radius 2 is 1.69 bits per heavy atom. The smallest absolute Gasteiger partial charge is 0.289 e. The van der Waals surface area contributed by atoms with E-state index in [1.54, 1.807) is 41.3 Å². The average Bonchev–Trinajstić information content (AvgIpc) is 3.59. The Kier molecular flexibility index (Phi) is 5.22. The number of nitrogens with zero attached hydrogens (tertiary/aromatic N) is 6. The molecule has 0 spiro atoms. The van der Waals surface area contributed by atoms with E-state index in [4.69, 9.17) is 9.40 Å². The fourth-order valence-electron chi connectivity index (χ4n) is 4.45. The minimum Gasteiger partial charge on any atom is -0.459 e. The van der Waals surface area contributed by atoms with E-state index in [-0.39, 0.29) is 21.5 Å². The Morgan fingerprint density at radius 1 is 0.944 bits per heavy atom. The van der Waals surface area contributed by atoms with E-state index in [1.165, 1.54) is 10.8 Å². The summed E-state index contributed by atoms with van der Waals surface area (Å²) in [6.07, 6.45) is 1.48. The van der Waals surface area contributed by atoms with Crippen LogP contribution in [0.3, 0.4) is 0 Å². The van der Waals surface area contributed by atoms with Gasteiger partial charge in [-0.1, -0.05) is 35.0 Å². The van der Waals surface area contributed by atoms with E-state index in [9.17, 15) is 13.2 Å². The van der Waals surface area contributed by atoms with Crippen molar-refractivity contribution >= 4 is 38.1 Å². The second kappa shape index (κ2) is 8.45. The third-order valence-corrected chi connectivity index (χ3v) is 8.05. The molecule has 0 N–H and O–H groups in total. The van der Waals surface area contributed by atoms with Crippen LogP contribution in [0, 0.1) is 6.92 Å². The Morgan fingerprint density at radius 3 is 2.42 bits per heavy atom. The number of fused-ring (bicyclic) bond motifs is 3. The summed E-state index contributed by atoms with van der Waals surface area (Å²) in [6, 6.07) is 17.5. The number of carbonyl (C=O) groups is 1. The Balaban J connectivity index is 1.40. The van der Waals surface area contributed by atoms with E-state index in [2.05, 4.69) is 15.2 Å². The molecule has 1 saturated heterocycles. The molecule has 1 fully saturated rings. The van der Waals surface area contributed by atoms with Crippen LogP contribution in [0.2, 0.25) is 0 Å². The highest BCUT2D eigenvalue weighted by Crippen LogP contribution is 2.30. The summed E-state index contributed by atoms with van der Waals surface area (Å²) in [6.45, 7) is 3.91. The maximum Gasteiger partial charge on any atom is 0.289 e. The largest absolute Gasteiger partial charge is 0.459 e. The van der Waals surface area contributed by atoms with Gasteiger partial charge in [0.05, 0.1) is 16.7 Å². The van der Waals surface area contributed by atoms with E-state index >= 15 is 0 Å². The zero-order chi connectivity index (χ0) is 24.9. The standard InChI is InChI=1S/C25H22N6O4S/c1-17-8-10-18(11-9-17)36(33,34)24-23-26-22(19-5-2-3-6-20(19)31(23)28-27-24)29-12-14-30(15-13-29)25(32)21-7-4-16-35-21/h2-11,16H,12-15H2,1H3. The van der Waals surface area contributed by atoms with Gasteiger partial charge in [-0.2, -0.15) is 4.52 Å². The van der Waals surface area contributed by atoms with Crippen LogP contribution in [0.1, 0.15) is 16.1 Å². The lowest BCUT2D eigenvalue weighted by atomic mass is 10.2. The SMILES string of the molecule is Cc1ccc(S(=O)(=O)c2nnn3c2nc(N2CCN(C(=O)c4ccco4)CC2)c2ccccc23)cc1. The molecule has 1 amide bonds. The topological polar surface area (TPSA) is 114 Å². The highest BCUT2D eigenvalue weighted by atomic mass is 32.2. The molecule has 0 atom stereocenters. The molecule has 3 aromatic heterocycles. The Bertz CT molecular complexity index is 1690. The van der Waals surface area contributed by atoms with Gasteiger partial charge in [0.25, 0.3) is 5.91 Å². The summed E-state index contributed by atoms with van der Waals surface area (Å²) in [5.74, 6) is 0.787. The third-order valence-electron chi connectivity index (χ3n) is 6.39. The molecule has 10 nitrogen and oxygen atoms in total. The number of amides is 1. The van der Waals surface area contributed by atoms with Crippen molar-refractivity contribution in [1.29, 1.82) is 0 Å². The normalized spacial score (nSPS) is 14.6. The molecule has 4 heterocycles. The molecular formula is C25H22N6O4S. The second-order valence-corrected chi connectivity index (χ2v) is 10.5. The molecule has 0 radical (unpaired) electrons. The zero-order valence-corrected chi connectivity index (χ0v) is 20.2. The Labute approximate surface area is 206 Å². The summed E-state index contributed by atoms with van der Waals surface area (Å²) in [4.78, 5) is 21.4. The van der Waals surface area contributed by atoms with Gasteiger partial charge in [0.15, 0.2) is 11.4 Å². The van der Waals surface area contributed by atoms with Gasteiger partial charge >= 0.3 is 0 Å². The van der Waals surface area contributed by atoms with Gasteiger partial charge in [-0.25, -0.2) is 13.4 Å². The number of hydrogen-bond acceptors (Lipinski definition) is 8. The first-order chi connectivity index (χ1) is 17.4. The molecule has 1 aliphatic heterocycles. The van der Waals surface area contributed by atoms with E-state index in [0.29, 0.717) is 43.3 Å². The quantitative estimate of drug-likeness (QED) is 0.369. The number of benzene rings is 2. The summed E-state index contributed by atoms with van der Waals surface area (Å²) in [7, 11) is -3.94. The molecule has 1 aliphatic rings. The molecule has 0 saturated carbocycles. The molecule has 5 aromatic rings. The van der Waals surface area contributed by atoms with Gasteiger partial charge in [-0.3, -0.25) is 4.79 Å². The number of aryl methyl sites for hydroxylation is 1. The van der Waals surface area contributed by atoms with Crippen molar-refractivity contribution < 1.29 is 17.6 Å². The predicted octanol–water partition coefficient (Wildman–Crippen LogP) is 2.97. The maximum atomic E-state index is 13.5. The van der Waals surface area contributed by atoms with E-state index < -0.39 is 9.84 Å². The van der Waals surface area contributed by atoms with E-state index in [0.717, 1.165) is 10.9 Å². The molecular weight excluding hydrogens is 480 g/mol. The monoisotopic (exact) mass is 502 g/mol. The fraction of sp³-hybridized carbons (Fsp3) is 0.200. The number of para-hydroxylation sites is 1. The van der Waals surface area contributed by atoms with Crippen LogP contribution < -0.4 is 4.90 Å². The van der Waals surface area contributed by atoms with Crippen molar-refractivity contribution in [3.63, 3.8) is 0 Å². The molecule has 2 aromatic carbocycles. The summed E-state index contributed by atoms with van der Waals surface area (Å²) in [5, 5.41) is 8.83. The van der Waals surface area contributed by atoms with Crippen LogP contribution in [-0.4, -0.2) is 65.2 Å². The summed E-state index contributed by atoms with van der Waals surface area (Å²) in [5.41, 5.74) is 1.82. The molecule has 182 valence electrons. The van der Waals surface area contributed by atoms with Gasteiger partial charge in [0.2, 0.25) is 14.9 Å². The van der Waals surface area contributed by atoms with Crippen LogP contribution in [0.5, 0.6) is 0 Å². The molecule has 0 aliphatic carbocycles. The lowest BCUT2D eigenvalue weighted by molar-refractivity contribution is 0.0714. The van der Waals surface area contributed by atoms with Crippen molar-refractivity contribution in [2.45, 2.75) is 16.8 Å². The van der Waals surface area contributed by atoms with Crippen molar-refractivity contribution in [2.75, 3.05) is 31.1 Å². The molecule has 11 heteroatoms. The maximum absolute atomic E-state index is 13.5. The third kappa shape index (κ3) is 3.59. The number of carbonyl (C=O) groups excluding carboxylic acids is 1. The minimum atomic E-state index is -3.94. The van der Waals surface area contributed by atoms with Crippen molar-refractivity contribution in [1.82, 2.24) is 24.7 Å². The van der Waals surface area contributed by atoms with Gasteiger partial charge in [0, 0.05) is 31.6 Å². The summed E-state index contributed by atoms with van der Waals surface area (Å²) >= 11 is 0. The van der Waals surface area contributed by atoms with Crippen molar-refractivity contribution in [3.05, 3.63) is 78.3 Å². The van der Waals surface area contributed by atoms with Crippen LogP contribution >= 0.6 is 0 Å². The number of anilines is 1. The number of rotatable bonds is 4. The first-order valence-corrected chi connectivity index (χ1v) is 13.0. The van der Waals surface area contributed by atoms with Gasteiger partial charge in [0.1, 0.15) is 5.82 Å². The van der Waals surface area contributed by atoms with E-state index in [1.807, 2.05) is 31.2 Å². The first-order valence-electron chi connectivity index (χ1n) is 11.5. The fourth-order valence-corrected chi connectivity index (χ4v) is 5.68. The van der Waals surface area contributed by atoms with Gasteiger partial charge in [-0.05, 0) is 43.3 Å². The molecule has 6 rings (SSSR count). The lowest BCUT2D eigenvalue weighted by Gasteiger charge is -2.35. The second-order valence-electron chi connectivity index (χ2n) is 8.66. The van der Waals surface area contributed by atoms with Crippen LogP contribution in [-0.2, 0) is 9.84 Å². The zero-order valence-electron chi connectivity index (χ0n) is 19.4. The van der Waals surface area contributed by atoms with Crippen LogP contribution in [0.4, 0.5) is 5.82 Å². The first kappa shape index (κ1) is 22.2. The number of furan rings is 1. The van der Waals surface area contributed by atoms with Crippen LogP contribution in [0.25, 0.3) is 16.6 Å². The van der Waals surface area contributed by atoms with Gasteiger partial charge < -0.3 is 14.2 Å².